The Balaban J connectivity index is 2.45. The Labute approximate surface area is 97.7 Å². The van der Waals surface area contributed by atoms with Crippen LogP contribution in [0.2, 0.25) is 0 Å². The number of H-pyrrole nitrogens is 1. The van der Waals surface area contributed by atoms with Crippen LogP contribution in [0, 0.1) is 18.3 Å². The summed E-state index contributed by atoms with van der Waals surface area (Å²) in [5.74, 6) is 0. The van der Waals surface area contributed by atoms with E-state index in [1.165, 1.54) is 4.52 Å². The van der Waals surface area contributed by atoms with Crippen molar-refractivity contribution in [2.75, 3.05) is 0 Å². The van der Waals surface area contributed by atoms with Gasteiger partial charge in [-0.15, -0.1) is 0 Å². The van der Waals surface area contributed by atoms with Crippen molar-refractivity contribution in [1.82, 2.24) is 14.6 Å². The highest BCUT2D eigenvalue weighted by Crippen LogP contribution is 2.19. The van der Waals surface area contributed by atoms with E-state index in [-0.39, 0.29) is 5.56 Å². The Bertz CT molecular complexity index is 702. The third-order valence-electron chi connectivity index (χ3n) is 3.36. The first-order valence-corrected chi connectivity index (χ1v) is 5.76. The van der Waals surface area contributed by atoms with Crippen molar-refractivity contribution >= 4 is 5.65 Å². The lowest BCUT2D eigenvalue weighted by Crippen LogP contribution is -2.25. The lowest BCUT2D eigenvalue weighted by atomic mass is 9.97. The summed E-state index contributed by atoms with van der Waals surface area (Å²) in [6.45, 7) is 1.75. The van der Waals surface area contributed by atoms with Gasteiger partial charge >= 0.3 is 0 Å². The average molecular weight is 228 g/mol. The highest BCUT2D eigenvalue weighted by molar-refractivity contribution is 5.58. The van der Waals surface area contributed by atoms with Crippen LogP contribution in [-0.2, 0) is 12.8 Å². The van der Waals surface area contributed by atoms with Crippen molar-refractivity contribution in [2.24, 2.45) is 0 Å². The highest BCUT2D eigenvalue weighted by atomic mass is 16.1. The Morgan fingerprint density at radius 3 is 2.94 bits per heavy atom. The minimum absolute atomic E-state index is 0.0712. The second-order valence-corrected chi connectivity index (χ2v) is 4.43. The fourth-order valence-electron chi connectivity index (χ4n) is 2.47. The van der Waals surface area contributed by atoms with E-state index in [0.29, 0.717) is 16.9 Å². The van der Waals surface area contributed by atoms with Gasteiger partial charge < -0.3 is 4.98 Å². The molecule has 5 nitrogen and oxygen atoms in total. The number of aromatic nitrogens is 3. The van der Waals surface area contributed by atoms with Gasteiger partial charge in [-0.05, 0) is 32.6 Å². The van der Waals surface area contributed by atoms with Gasteiger partial charge in [0.2, 0.25) is 0 Å². The van der Waals surface area contributed by atoms with E-state index in [1.807, 2.05) is 0 Å². The van der Waals surface area contributed by atoms with Gasteiger partial charge in [-0.1, -0.05) is 0 Å². The number of fused-ring (bicyclic) bond motifs is 2. The number of aryl methyl sites for hydroxylation is 2. The van der Waals surface area contributed by atoms with E-state index in [9.17, 15) is 4.79 Å². The van der Waals surface area contributed by atoms with E-state index in [1.54, 1.807) is 6.92 Å². The molecule has 86 valence electrons. The first kappa shape index (κ1) is 10.1. The summed E-state index contributed by atoms with van der Waals surface area (Å²) in [7, 11) is 0. The van der Waals surface area contributed by atoms with E-state index in [0.717, 1.165) is 36.9 Å². The smallest absolute Gasteiger partial charge is 0.277 e. The number of aromatic amines is 1. The van der Waals surface area contributed by atoms with Gasteiger partial charge in [0, 0.05) is 11.3 Å². The quantitative estimate of drug-likeness (QED) is 0.733. The zero-order chi connectivity index (χ0) is 12.0. The van der Waals surface area contributed by atoms with E-state index >= 15 is 0 Å². The van der Waals surface area contributed by atoms with Crippen LogP contribution in [0.15, 0.2) is 4.79 Å². The molecule has 1 N–H and O–H groups in total. The highest BCUT2D eigenvalue weighted by Gasteiger charge is 2.19. The molecule has 0 saturated carbocycles. The van der Waals surface area contributed by atoms with Gasteiger partial charge in [-0.2, -0.15) is 14.9 Å². The maximum Gasteiger partial charge on any atom is 0.277 e. The first-order valence-electron chi connectivity index (χ1n) is 5.76. The molecule has 1 aliphatic carbocycles. The van der Waals surface area contributed by atoms with Gasteiger partial charge in [-0.25, -0.2) is 0 Å². The van der Waals surface area contributed by atoms with Crippen molar-refractivity contribution in [3.63, 3.8) is 0 Å². The second kappa shape index (κ2) is 3.45. The summed E-state index contributed by atoms with van der Waals surface area (Å²) in [6, 6.07) is 2.10. The molecule has 0 amide bonds. The molecule has 0 spiro atoms. The summed E-state index contributed by atoms with van der Waals surface area (Å²) >= 11 is 0. The monoisotopic (exact) mass is 228 g/mol. The normalized spacial score (nSPS) is 14.6. The summed E-state index contributed by atoms with van der Waals surface area (Å²) in [5.41, 5.74) is 3.34. The fourth-order valence-corrected chi connectivity index (χ4v) is 2.47. The molecule has 0 aromatic carbocycles. The van der Waals surface area contributed by atoms with E-state index < -0.39 is 0 Å². The molecule has 0 bridgehead atoms. The van der Waals surface area contributed by atoms with Crippen molar-refractivity contribution in [2.45, 2.75) is 32.6 Å². The SMILES string of the molecule is Cc1nn2c(=O)c3c([nH]c2c1C#N)CCCC3. The maximum atomic E-state index is 12.2. The Morgan fingerprint density at radius 2 is 2.18 bits per heavy atom. The van der Waals surface area contributed by atoms with Gasteiger partial charge in [0.15, 0.2) is 5.65 Å². The zero-order valence-corrected chi connectivity index (χ0v) is 9.58. The lowest BCUT2D eigenvalue weighted by molar-refractivity contribution is 0.651. The lowest BCUT2D eigenvalue weighted by Gasteiger charge is -2.14. The molecule has 1 aliphatic rings. The standard InChI is InChI=1S/C12H12N4O/c1-7-9(6-13)11-14-10-5-3-2-4-8(10)12(17)16(11)15-7/h14H,2-5H2,1H3. The summed E-state index contributed by atoms with van der Waals surface area (Å²) in [6.07, 6.45) is 3.83. The molecule has 17 heavy (non-hydrogen) atoms. The van der Waals surface area contributed by atoms with Crippen molar-refractivity contribution in [1.29, 1.82) is 5.26 Å². The molecule has 2 aromatic rings. The molecule has 5 heteroatoms. The number of hydrogen-bond acceptors (Lipinski definition) is 3. The van der Waals surface area contributed by atoms with Gasteiger partial charge in [0.1, 0.15) is 11.6 Å². The number of rotatable bonds is 0. The molecule has 0 saturated heterocycles. The number of nitriles is 1. The van der Waals surface area contributed by atoms with Crippen LogP contribution < -0.4 is 5.56 Å². The molecular formula is C12H12N4O. The van der Waals surface area contributed by atoms with Crippen molar-refractivity contribution in [3.8, 4) is 6.07 Å². The fraction of sp³-hybridized carbons (Fsp3) is 0.417. The van der Waals surface area contributed by atoms with Gasteiger partial charge in [0.25, 0.3) is 5.56 Å². The summed E-state index contributed by atoms with van der Waals surface area (Å²) in [5, 5.41) is 13.2. The predicted octanol–water partition coefficient (Wildman–Crippen LogP) is 1.08. The summed E-state index contributed by atoms with van der Waals surface area (Å²) < 4.78 is 1.33. The Kier molecular flexibility index (Phi) is 2.05. The van der Waals surface area contributed by atoms with Gasteiger partial charge in [0.05, 0.1) is 5.69 Å². The minimum Gasteiger partial charge on any atom is -0.342 e. The van der Waals surface area contributed by atoms with Crippen LogP contribution in [-0.4, -0.2) is 14.6 Å². The summed E-state index contributed by atoms with van der Waals surface area (Å²) in [4.78, 5) is 15.4. The second-order valence-electron chi connectivity index (χ2n) is 4.43. The van der Waals surface area contributed by atoms with Crippen molar-refractivity contribution < 1.29 is 0 Å². The van der Waals surface area contributed by atoms with Crippen LogP contribution in [0.25, 0.3) is 5.65 Å². The molecule has 2 heterocycles. The average Bonchev–Trinajstić information content (AvgIpc) is 2.66. The zero-order valence-electron chi connectivity index (χ0n) is 9.58. The number of hydrogen-bond donors (Lipinski definition) is 1. The van der Waals surface area contributed by atoms with Crippen LogP contribution in [0.4, 0.5) is 0 Å². The molecule has 3 rings (SSSR count). The molecule has 0 unspecified atom stereocenters. The van der Waals surface area contributed by atoms with Crippen LogP contribution in [0.5, 0.6) is 0 Å². The topological polar surface area (TPSA) is 74.0 Å². The molecule has 0 fully saturated rings. The number of nitrogens with zero attached hydrogens (tertiary/aromatic N) is 3. The predicted molar refractivity (Wildman–Crippen MR) is 61.9 cm³/mol. The van der Waals surface area contributed by atoms with Crippen LogP contribution >= 0.6 is 0 Å². The minimum atomic E-state index is -0.0712. The van der Waals surface area contributed by atoms with E-state index in [2.05, 4.69) is 16.2 Å². The van der Waals surface area contributed by atoms with Gasteiger partial charge in [-0.3, -0.25) is 4.79 Å². The largest absolute Gasteiger partial charge is 0.342 e. The molecule has 0 atom stereocenters. The third-order valence-corrected chi connectivity index (χ3v) is 3.36. The van der Waals surface area contributed by atoms with Crippen LogP contribution in [0.1, 0.15) is 35.4 Å². The Morgan fingerprint density at radius 1 is 1.41 bits per heavy atom. The maximum absolute atomic E-state index is 12.2. The first-order chi connectivity index (χ1) is 8.22. The van der Waals surface area contributed by atoms with Crippen molar-refractivity contribution in [3.05, 3.63) is 32.9 Å². The Hall–Kier alpha value is -2.09. The van der Waals surface area contributed by atoms with E-state index in [4.69, 9.17) is 5.26 Å². The molecular weight excluding hydrogens is 216 g/mol. The molecule has 0 aliphatic heterocycles. The van der Waals surface area contributed by atoms with Crippen LogP contribution in [0.3, 0.4) is 0 Å². The molecule has 2 aromatic heterocycles. The third kappa shape index (κ3) is 1.30. The number of nitrogens with one attached hydrogen (secondary N) is 1. The molecule has 0 radical (unpaired) electrons.